The Labute approximate surface area is 111 Å². The predicted molar refractivity (Wildman–Crippen MR) is 68.0 cm³/mol. The molecule has 4 rings (SSSR count). The minimum atomic E-state index is 0.421. The molecule has 1 aliphatic carbocycles. The number of hydrogen-bond acceptors (Lipinski definition) is 4. The summed E-state index contributed by atoms with van der Waals surface area (Å²) in [4.78, 5) is 4.47. The first-order valence-corrected chi connectivity index (χ1v) is 6.94. The molecule has 1 atom stereocenters. The van der Waals surface area contributed by atoms with Crippen LogP contribution in [0.4, 0.5) is 0 Å². The van der Waals surface area contributed by atoms with Gasteiger partial charge in [0.05, 0.1) is 13.2 Å². The second-order valence-corrected chi connectivity index (χ2v) is 5.47. The highest BCUT2D eigenvalue weighted by atomic mass is 16.5. The molecule has 1 aliphatic heterocycles. The Bertz CT molecular complexity index is 565. The van der Waals surface area contributed by atoms with Crippen LogP contribution in [0.25, 0.3) is 0 Å². The van der Waals surface area contributed by atoms with Crippen LogP contribution in [0.1, 0.15) is 48.4 Å². The van der Waals surface area contributed by atoms with E-state index < -0.39 is 0 Å². The minimum Gasteiger partial charge on any atom is -0.381 e. The van der Waals surface area contributed by atoms with Crippen molar-refractivity contribution in [3.05, 3.63) is 35.7 Å². The standard InChI is InChI=1S/C14H17N3O2/c1-2-10(1)13-7-12(16-19-13)8-17-5-4-15-14(17)11-3-6-18-9-11/h4-5,7,10-11H,1-3,6,8-9H2. The molecule has 19 heavy (non-hydrogen) atoms. The van der Waals surface area contributed by atoms with Gasteiger partial charge in [-0.2, -0.15) is 0 Å². The molecule has 3 heterocycles. The van der Waals surface area contributed by atoms with Crippen molar-refractivity contribution < 1.29 is 9.26 Å². The van der Waals surface area contributed by atoms with Gasteiger partial charge in [-0.05, 0) is 19.3 Å². The first-order valence-electron chi connectivity index (χ1n) is 6.94. The van der Waals surface area contributed by atoms with Gasteiger partial charge in [-0.25, -0.2) is 4.98 Å². The van der Waals surface area contributed by atoms with Crippen molar-refractivity contribution in [1.29, 1.82) is 0 Å². The van der Waals surface area contributed by atoms with Gasteiger partial charge in [0.1, 0.15) is 17.3 Å². The number of ether oxygens (including phenoxy) is 1. The third kappa shape index (κ3) is 2.18. The van der Waals surface area contributed by atoms with Crippen molar-refractivity contribution in [2.45, 2.75) is 37.6 Å². The van der Waals surface area contributed by atoms with Crippen LogP contribution in [0, 0.1) is 0 Å². The maximum Gasteiger partial charge on any atom is 0.140 e. The van der Waals surface area contributed by atoms with Crippen LogP contribution in [0.2, 0.25) is 0 Å². The topological polar surface area (TPSA) is 53.1 Å². The Kier molecular flexibility index (Phi) is 2.65. The van der Waals surface area contributed by atoms with E-state index in [1.807, 2.05) is 12.4 Å². The molecule has 0 amide bonds. The number of aromatic nitrogens is 3. The van der Waals surface area contributed by atoms with Gasteiger partial charge in [-0.1, -0.05) is 5.16 Å². The quantitative estimate of drug-likeness (QED) is 0.845. The zero-order valence-corrected chi connectivity index (χ0v) is 10.8. The summed E-state index contributed by atoms with van der Waals surface area (Å²) in [5.41, 5.74) is 0.986. The van der Waals surface area contributed by atoms with Crippen LogP contribution in [-0.2, 0) is 11.3 Å². The van der Waals surface area contributed by atoms with Gasteiger partial charge in [-0.3, -0.25) is 0 Å². The Morgan fingerprint density at radius 3 is 3.00 bits per heavy atom. The Balaban J connectivity index is 1.53. The number of imidazole rings is 1. The van der Waals surface area contributed by atoms with E-state index in [-0.39, 0.29) is 0 Å². The monoisotopic (exact) mass is 259 g/mol. The van der Waals surface area contributed by atoms with Crippen LogP contribution in [0.15, 0.2) is 23.0 Å². The number of rotatable bonds is 4. The highest BCUT2D eigenvalue weighted by Gasteiger charge is 2.28. The highest BCUT2D eigenvalue weighted by molar-refractivity contribution is 5.15. The van der Waals surface area contributed by atoms with Gasteiger partial charge in [0, 0.05) is 36.9 Å². The lowest BCUT2D eigenvalue weighted by Gasteiger charge is -2.10. The molecular weight excluding hydrogens is 242 g/mol. The largest absolute Gasteiger partial charge is 0.381 e. The van der Waals surface area contributed by atoms with Crippen molar-refractivity contribution >= 4 is 0 Å². The predicted octanol–water partition coefficient (Wildman–Crippen LogP) is 2.30. The molecule has 0 bridgehead atoms. The van der Waals surface area contributed by atoms with Gasteiger partial charge >= 0.3 is 0 Å². The van der Waals surface area contributed by atoms with E-state index in [9.17, 15) is 0 Å². The summed E-state index contributed by atoms with van der Waals surface area (Å²) in [5, 5.41) is 4.17. The van der Waals surface area contributed by atoms with Gasteiger partial charge < -0.3 is 13.8 Å². The van der Waals surface area contributed by atoms with Gasteiger partial charge in [-0.15, -0.1) is 0 Å². The third-order valence-electron chi connectivity index (χ3n) is 3.93. The molecule has 5 heteroatoms. The molecule has 5 nitrogen and oxygen atoms in total. The summed E-state index contributed by atoms with van der Waals surface area (Å²) in [6.07, 6.45) is 7.41. The molecule has 0 aromatic carbocycles. The first-order chi connectivity index (χ1) is 9.40. The maximum absolute atomic E-state index is 5.44. The Hall–Kier alpha value is -1.62. The fourth-order valence-electron chi connectivity index (χ4n) is 2.69. The smallest absolute Gasteiger partial charge is 0.140 e. The zero-order valence-electron chi connectivity index (χ0n) is 10.8. The summed E-state index contributed by atoms with van der Waals surface area (Å²) < 4.78 is 13.0. The second kappa shape index (κ2) is 4.49. The molecule has 2 aromatic heterocycles. The number of nitrogens with zero attached hydrogens (tertiary/aromatic N) is 3. The van der Waals surface area contributed by atoms with E-state index in [0.29, 0.717) is 11.8 Å². The molecule has 2 aromatic rings. The lowest BCUT2D eigenvalue weighted by molar-refractivity contribution is 0.192. The first kappa shape index (κ1) is 11.2. The number of hydrogen-bond donors (Lipinski definition) is 0. The summed E-state index contributed by atoms with van der Waals surface area (Å²) in [6, 6.07) is 2.09. The molecule has 0 N–H and O–H groups in total. The fraction of sp³-hybridized carbons (Fsp3) is 0.571. The molecule has 1 saturated heterocycles. The van der Waals surface area contributed by atoms with Crippen LogP contribution in [0.3, 0.4) is 0 Å². The summed E-state index contributed by atoms with van der Waals surface area (Å²) in [7, 11) is 0. The maximum atomic E-state index is 5.44. The average Bonchev–Trinajstić information content (AvgIpc) is 2.89. The second-order valence-electron chi connectivity index (χ2n) is 5.47. The highest BCUT2D eigenvalue weighted by Crippen LogP contribution is 2.40. The lowest BCUT2D eigenvalue weighted by atomic mass is 10.1. The van der Waals surface area contributed by atoms with Crippen LogP contribution >= 0.6 is 0 Å². The fourth-order valence-corrected chi connectivity index (χ4v) is 2.69. The molecule has 2 fully saturated rings. The molecule has 0 spiro atoms. The molecular formula is C14H17N3O2. The normalized spacial score (nSPS) is 23.1. The van der Waals surface area contributed by atoms with E-state index in [4.69, 9.17) is 9.26 Å². The van der Waals surface area contributed by atoms with E-state index in [2.05, 4.69) is 20.8 Å². The van der Waals surface area contributed by atoms with Crippen molar-refractivity contribution in [2.75, 3.05) is 13.2 Å². The zero-order chi connectivity index (χ0) is 12.7. The van der Waals surface area contributed by atoms with Crippen molar-refractivity contribution in [3.63, 3.8) is 0 Å². The molecule has 1 saturated carbocycles. The average molecular weight is 259 g/mol. The molecule has 0 radical (unpaired) electrons. The third-order valence-corrected chi connectivity index (χ3v) is 3.93. The minimum absolute atomic E-state index is 0.421. The summed E-state index contributed by atoms with van der Waals surface area (Å²) >= 11 is 0. The summed E-state index contributed by atoms with van der Waals surface area (Å²) in [5.74, 6) is 3.19. The van der Waals surface area contributed by atoms with Crippen LogP contribution in [0.5, 0.6) is 0 Å². The molecule has 1 unspecified atom stereocenters. The summed E-state index contributed by atoms with van der Waals surface area (Å²) in [6.45, 7) is 2.36. The van der Waals surface area contributed by atoms with Gasteiger partial charge in [0.2, 0.25) is 0 Å². The van der Waals surface area contributed by atoms with E-state index in [1.54, 1.807) is 0 Å². The van der Waals surface area contributed by atoms with E-state index in [0.717, 1.165) is 43.5 Å². The van der Waals surface area contributed by atoms with Crippen molar-refractivity contribution in [2.24, 2.45) is 0 Å². The van der Waals surface area contributed by atoms with Crippen LogP contribution in [-0.4, -0.2) is 27.9 Å². The van der Waals surface area contributed by atoms with E-state index >= 15 is 0 Å². The SMILES string of the molecule is c1cn(Cc2cc(C3CC3)on2)c(C2CCOC2)n1. The van der Waals surface area contributed by atoms with E-state index in [1.165, 1.54) is 12.8 Å². The Morgan fingerprint density at radius 2 is 2.21 bits per heavy atom. The van der Waals surface area contributed by atoms with Crippen LogP contribution < -0.4 is 0 Å². The van der Waals surface area contributed by atoms with Crippen molar-refractivity contribution in [3.8, 4) is 0 Å². The molecule has 2 aliphatic rings. The van der Waals surface area contributed by atoms with Crippen molar-refractivity contribution in [1.82, 2.24) is 14.7 Å². The Morgan fingerprint density at radius 1 is 1.26 bits per heavy atom. The van der Waals surface area contributed by atoms with Gasteiger partial charge in [0.25, 0.3) is 0 Å². The lowest BCUT2D eigenvalue weighted by Crippen LogP contribution is -2.10. The molecule has 100 valence electrons. The van der Waals surface area contributed by atoms with Gasteiger partial charge in [0.15, 0.2) is 0 Å².